The molecule has 2 N–H and O–H groups in total. The predicted octanol–water partition coefficient (Wildman–Crippen LogP) is 0.707. The molecule has 1 rings (SSSR count). The number of carbonyl (C=O) groups excluding carboxylic acids is 3. The van der Waals surface area contributed by atoms with Gasteiger partial charge in [0.15, 0.2) is 6.61 Å². The third kappa shape index (κ3) is 6.24. The molecule has 0 bridgehead atoms. The van der Waals surface area contributed by atoms with Crippen LogP contribution in [0.25, 0.3) is 6.08 Å². The van der Waals surface area contributed by atoms with Gasteiger partial charge in [0.2, 0.25) is 0 Å². The molecule has 0 aromatic heterocycles. The van der Waals surface area contributed by atoms with Gasteiger partial charge in [0.25, 0.3) is 5.91 Å². The van der Waals surface area contributed by atoms with Gasteiger partial charge in [-0.1, -0.05) is 12.1 Å². The third-order valence-corrected chi connectivity index (χ3v) is 2.35. The average Bonchev–Trinajstić information content (AvgIpc) is 2.51. The molecule has 0 unspecified atom stereocenters. The lowest BCUT2D eigenvalue weighted by Gasteiger charge is -2.03. The molecule has 7 nitrogen and oxygen atoms in total. The van der Waals surface area contributed by atoms with Crippen LogP contribution in [0, 0.1) is 0 Å². The van der Waals surface area contributed by atoms with Crippen LogP contribution in [0.15, 0.2) is 30.3 Å². The van der Waals surface area contributed by atoms with Gasteiger partial charge in [-0.05, 0) is 23.8 Å². The minimum Gasteiger partial charge on any atom is -0.497 e. The lowest BCUT2D eigenvalue weighted by molar-refractivity contribution is -0.143. The monoisotopic (exact) mass is 292 g/mol. The minimum atomic E-state index is -0.708. The molecule has 1 aromatic carbocycles. The summed E-state index contributed by atoms with van der Waals surface area (Å²) in [6, 6.07) is 6.37. The van der Waals surface area contributed by atoms with Crippen molar-refractivity contribution in [2.24, 2.45) is 0 Å². The number of amides is 3. The minimum absolute atomic E-state index is 0.529. The van der Waals surface area contributed by atoms with Crippen LogP contribution < -0.4 is 15.4 Å². The Balaban J connectivity index is 2.40. The van der Waals surface area contributed by atoms with Gasteiger partial charge in [0, 0.05) is 13.1 Å². The van der Waals surface area contributed by atoms with E-state index in [2.05, 4.69) is 10.1 Å². The summed E-state index contributed by atoms with van der Waals surface area (Å²) in [6.45, 7) is -0.529. The highest BCUT2D eigenvalue weighted by atomic mass is 16.5. The van der Waals surface area contributed by atoms with Crippen LogP contribution in [0.4, 0.5) is 4.79 Å². The Morgan fingerprint density at radius 2 is 1.86 bits per heavy atom. The average molecular weight is 292 g/mol. The summed E-state index contributed by atoms with van der Waals surface area (Å²) >= 11 is 0. The van der Waals surface area contributed by atoms with E-state index in [1.807, 2.05) is 5.32 Å². The number of ether oxygens (including phenoxy) is 2. The van der Waals surface area contributed by atoms with E-state index in [9.17, 15) is 14.4 Å². The van der Waals surface area contributed by atoms with E-state index in [1.165, 1.54) is 13.1 Å². The lowest BCUT2D eigenvalue weighted by atomic mass is 10.2. The Hall–Kier alpha value is -2.83. The van der Waals surface area contributed by atoms with E-state index in [-0.39, 0.29) is 0 Å². The molecule has 0 spiro atoms. The maximum atomic E-state index is 11.4. The molecule has 0 aliphatic heterocycles. The lowest BCUT2D eigenvalue weighted by Crippen LogP contribution is -2.39. The van der Waals surface area contributed by atoms with Gasteiger partial charge in [-0.2, -0.15) is 0 Å². The predicted molar refractivity (Wildman–Crippen MR) is 75.6 cm³/mol. The molecule has 3 amide bonds. The van der Waals surface area contributed by atoms with Crippen LogP contribution in [0.2, 0.25) is 0 Å². The van der Waals surface area contributed by atoms with E-state index in [4.69, 9.17) is 4.74 Å². The highest BCUT2D eigenvalue weighted by Gasteiger charge is 2.07. The zero-order chi connectivity index (χ0) is 15.7. The van der Waals surface area contributed by atoms with Crippen LogP contribution in [-0.2, 0) is 14.3 Å². The first-order chi connectivity index (χ1) is 10.0. The molecule has 7 heteroatoms. The molecule has 0 atom stereocenters. The van der Waals surface area contributed by atoms with E-state index < -0.39 is 24.5 Å². The van der Waals surface area contributed by atoms with Crippen LogP contribution in [0.3, 0.4) is 0 Å². The van der Waals surface area contributed by atoms with Crippen molar-refractivity contribution in [1.82, 2.24) is 10.6 Å². The largest absolute Gasteiger partial charge is 0.497 e. The first-order valence-electron chi connectivity index (χ1n) is 6.05. The van der Waals surface area contributed by atoms with Crippen molar-refractivity contribution in [2.75, 3.05) is 20.8 Å². The van der Waals surface area contributed by atoms with Crippen LogP contribution in [0.1, 0.15) is 5.56 Å². The number of urea groups is 1. The zero-order valence-electron chi connectivity index (χ0n) is 11.7. The van der Waals surface area contributed by atoms with Crippen molar-refractivity contribution >= 4 is 24.0 Å². The maximum absolute atomic E-state index is 11.4. The fourth-order valence-electron chi connectivity index (χ4n) is 1.29. The molecule has 0 saturated heterocycles. The van der Waals surface area contributed by atoms with Gasteiger partial charge in [0.1, 0.15) is 5.75 Å². The van der Waals surface area contributed by atoms with Crippen molar-refractivity contribution in [3.05, 3.63) is 35.9 Å². The van der Waals surface area contributed by atoms with E-state index in [1.54, 1.807) is 37.5 Å². The number of hydrogen-bond donors (Lipinski definition) is 2. The van der Waals surface area contributed by atoms with Crippen LogP contribution in [-0.4, -0.2) is 38.7 Å². The summed E-state index contributed by atoms with van der Waals surface area (Å²) in [7, 11) is 2.93. The second kappa shape index (κ2) is 8.36. The fraction of sp³-hybridized carbons (Fsp3) is 0.214. The standard InChI is InChI=1S/C14H16N2O5/c1-15-14(19)16-12(17)9-21-13(18)8-5-10-3-6-11(20-2)7-4-10/h3-8H,9H2,1-2H3,(H2,15,16,17,19)/b8-5+. The van der Waals surface area contributed by atoms with Crippen LogP contribution in [0.5, 0.6) is 5.75 Å². The Morgan fingerprint density at radius 1 is 1.19 bits per heavy atom. The van der Waals surface area contributed by atoms with Gasteiger partial charge in [0.05, 0.1) is 7.11 Å². The number of carbonyl (C=O) groups is 3. The summed E-state index contributed by atoms with van der Waals surface area (Å²) < 4.78 is 9.68. The van der Waals surface area contributed by atoms with E-state index in [0.29, 0.717) is 5.75 Å². The molecule has 0 aliphatic carbocycles. The highest BCUT2D eigenvalue weighted by molar-refractivity contribution is 5.96. The summed E-state index contributed by atoms with van der Waals surface area (Å²) in [5, 5.41) is 4.17. The van der Waals surface area contributed by atoms with Gasteiger partial charge in [-0.3, -0.25) is 10.1 Å². The Kier molecular flexibility index (Phi) is 6.46. The molecular formula is C14H16N2O5. The van der Waals surface area contributed by atoms with Crippen molar-refractivity contribution in [1.29, 1.82) is 0 Å². The van der Waals surface area contributed by atoms with Crippen molar-refractivity contribution < 1.29 is 23.9 Å². The quantitative estimate of drug-likeness (QED) is 0.615. The normalized spacial score (nSPS) is 10.0. The van der Waals surface area contributed by atoms with Crippen molar-refractivity contribution in [3.63, 3.8) is 0 Å². The molecular weight excluding hydrogens is 276 g/mol. The van der Waals surface area contributed by atoms with Crippen molar-refractivity contribution in [2.45, 2.75) is 0 Å². The molecule has 21 heavy (non-hydrogen) atoms. The van der Waals surface area contributed by atoms with Crippen LogP contribution >= 0.6 is 0 Å². The number of benzene rings is 1. The number of imide groups is 1. The molecule has 0 aliphatic rings. The topological polar surface area (TPSA) is 93.7 Å². The third-order valence-electron chi connectivity index (χ3n) is 2.35. The number of esters is 1. The Labute approximate surface area is 121 Å². The summed E-state index contributed by atoms with van der Waals surface area (Å²) in [6.07, 6.45) is 2.73. The van der Waals surface area contributed by atoms with Gasteiger partial charge < -0.3 is 14.8 Å². The SMILES string of the molecule is CNC(=O)NC(=O)COC(=O)/C=C/c1ccc(OC)cc1. The smallest absolute Gasteiger partial charge is 0.331 e. The second-order valence-electron chi connectivity index (χ2n) is 3.84. The molecule has 0 radical (unpaired) electrons. The highest BCUT2D eigenvalue weighted by Crippen LogP contribution is 2.12. The van der Waals surface area contributed by atoms with E-state index >= 15 is 0 Å². The summed E-state index contributed by atoms with van der Waals surface area (Å²) in [4.78, 5) is 33.4. The number of nitrogens with one attached hydrogen (secondary N) is 2. The number of methoxy groups -OCH3 is 1. The van der Waals surface area contributed by atoms with Gasteiger partial charge in [-0.15, -0.1) is 0 Å². The fourth-order valence-corrected chi connectivity index (χ4v) is 1.29. The maximum Gasteiger partial charge on any atom is 0.331 e. The number of rotatable bonds is 5. The first-order valence-corrected chi connectivity index (χ1v) is 6.05. The van der Waals surface area contributed by atoms with Gasteiger partial charge in [-0.25, -0.2) is 9.59 Å². The van der Waals surface area contributed by atoms with Gasteiger partial charge >= 0.3 is 12.0 Å². The van der Waals surface area contributed by atoms with E-state index in [0.717, 1.165) is 5.56 Å². The Morgan fingerprint density at radius 3 is 2.43 bits per heavy atom. The second-order valence-corrected chi connectivity index (χ2v) is 3.84. The molecule has 0 heterocycles. The zero-order valence-corrected chi connectivity index (χ0v) is 11.7. The molecule has 0 saturated carbocycles. The summed E-state index contributed by atoms with van der Waals surface area (Å²) in [5.41, 5.74) is 0.780. The number of hydrogen-bond acceptors (Lipinski definition) is 5. The molecule has 112 valence electrons. The molecule has 0 fully saturated rings. The first kappa shape index (κ1) is 16.2. The Bertz CT molecular complexity index is 537. The summed E-state index contributed by atoms with van der Waals surface area (Å²) in [5.74, 6) is -0.681. The van der Waals surface area contributed by atoms with Crippen molar-refractivity contribution in [3.8, 4) is 5.75 Å². The molecule has 1 aromatic rings.